The molecule has 0 aliphatic carbocycles. The zero-order chi connectivity index (χ0) is 23.7. The maximum atomic E-state index is 12.3. The molecule has 1 atom stereocenters. The number of esters is 1. The lowest BCUT2D eigenvalue weighted by Gasteiger charge is -2.35. The minimum atomic E-state index is -0.776. The molecule has 6 nitrogen and oxygen atoms in total. The zero-order valence-corrected chi connectivity index (χ0v) is 18.6. The third kappa shape index (κ3) is 5.54. The number of aldehydes is 1. The lowest BCUT2D eigenvalue weighted by molar-refractivity contribution is -0.140. The fourth-order valence-corrected chi connectivity index (χ4v) is 4.16. The Morgan fingerprint density at radius 3 is 1.88 bits per heavy atom. The number of methoxy groups -OCH3 is 1. The van der Waals surface area contributed by atoms with Gasteiger partial charge in [0.15, 0.2) is 0 Å². The molecule has 3 aromatic carbocycles. The van der Waals surface area contributed by atoms with Crippen molar-refractivity contribution < 1.29 is 19.1 Å². The molecule has 0 bridgehead atoms. The summed E-state index contributed by atoms with van der Waals surface area (Å²) in [6, 6.07) is 26.6. The molecule has 0 aliphatic heterocycles. The highest BCUT2D eigenvalue weighted by atomic mass is 16.5. The van der Waals surface area contributed by atoms with Crippen LogP contribution in [0.4, 0.5) is 0 Å². The maximum Gasteiger partial charge on any atom is 0.306 e. The smallest absolute Gasteiger partial charge is 0.306 e. The number of hydrogen-bond donors (Lipinski definition) is 2. The molecule has 0 heterocycles. The van der Waals surface area contributed by atoms with Crippen molar-refractivity contribution in [2.75, 3.05) is 13.7 Å². The van der Waals surface area contributed by atoms with E-state index in [1.165, 1.54) is 7.11 Å². The van der Waals surface area contributed by atoms with Gasteiger partial charge >= 0.3 is 5.97 Å². The van der Waals surface area contributed by atoms with E-state index in [2.05, 4.69) is 10.1 Å². The minimum absolute atomic E-state index is 0.0921. The summed E-state index contributed by atoms with van der Waals surface area (Å²) in [5, 5.41) is 3.06. The van der Waals surface area contributed by atoms with Crippen molar-refractivity contribution >= 4 is 18.2 Å². The van der Waals surface area contributed by atoms with Gasteiger partial charge in [0.1, 0.15) is 6.29 Å². The van der Waals surface area contributed by atoms with Crippen molar-refractivity contribution in [2.24, 2.45) is 5.73 Å². The van der Waals surface area contributed by atoms with Gasteiger partial charge in [-0.25, -0.2) is 0 Å². The van der Waals surface area contributed by atoms with Gasteiger partial charge in [0.05, 0.1) is 25.0 Å². The van der Waals surface area contributed by atoms with Crippen LogP contribution in [0, 0.1) is 0 Å². The van der Waals surface area contributed by atoms with Gasteiger partial charge in [0, 0.05) is 13.0 Å². The summed E-state index contributed by atoms with van der Waals surface area (Å²) in [5.74, 6) is -0.758. The third-order valence-electron chi connectivity index (χ3n) is 5.79. The van der Waals surface area contributed by atoms with Crippen LogP contribution in [0.3, 0.4) is 0 Å². The van der Waals surface area contributed by atoms with Gasteiger partial charge in [-0.3, -0.25) is 9.59 Å². The lowest BCUT2D eigenvalue weighted by atomic mass is 9.67. The molecular weight excluding hydrogens is 416 g/mol. The lowest BCUT2D eigenvalue weighted by Crippen LogP contribution is -2.35. The van der Waals surface area contributed by atoms with Gasteiger partial charge in [0.2, 0.25) is 5.91 Å². The molecule has 33 heavy (non-hydrogen) atoms. The van der Waals surface area contributed by atoms with Crippen LogP contribution >= 0.6 is 0 Å². The molecule has 3 rings (SSSR count). The molecule has 6 heteroatoms. The Kier molecular flexibility index (Phi) is 8.11. The molecular formula is C27H28N2O4. The number of ether oxygens (including phenoxy) is 1. The predicted octanol–water partition coefficient (Wildman–Crippen LogP) is 3.29. The first-order valence-corrected chi connectivity index (χ1v) is 10.8. The standard InChI is InChI=1S/C27H28N2O4/c1-33-26(32)16-17-29-24(19-30)20-12-14-23(15-13-20)27(18-25(28)31,21-8-4-2-5-9-21)22-10-6-3-7-11-22/h2-15,19,24,29H,16-18H2,1H3,(H2,28,31). The van der Waals surface area contributed by atoms with Crippen molar-refractivity contribution in [3.05, 3.63) is 107 Å². The molecule has 0 saturated carbocycles. The van der Waals surface area contributed by atoms with Gasteiger partial charge in [-0.05, 0) is 22.3 Å². The van der Waals surface area contributed by atoms with Crippen LogP contribution in [0.5, 0.6) is 0 Å². The number of carbonyl (C=O) groups excluding carboxylic acids is 3. The van der Waals surface area contributed by atoms with E-state index >= 15 is 0 Å². The molecule has 0 fully saturated rings. The Bertz CT molecular complexity index is 1030. The Balaban J connectivity index is 2.02. The summed E-state index contributed by atoms with van der Waals surface area (Å²) in [6.07, 6.45) is 1.06. The van der Waals surface area contributed by atoms with Gasteiger partial charge in [-0.15, -0.1) is 0 Å². The average molecular weight is 445 g/mol. The first-order valence-electron chi connectivity index (χ1n) is 10.8. The van der Waals surface area contributed by atoms with Crippen molar-refractivity contribution in [1.82, 2.24) is 5.32 Å². The summed E-state index contributed by atoms with van der Waals surface area (Å²) in [4.78, 5) is 35.3. The number of carbonyl (C=O) groups is 3. The highest BCUT2D eigenvalue weighted by molar-refractivity contribution is 5.78. The summed E-state index contributed by atoms with van der Waals surface area (Å²) in [7, 11) is 1.33. The normalized spacial score (nSPS) is 12.0. The minimum Gasteiger partial charge on any atom is -0.469 e. The van der Waals surface area contributed by atoms with Crippen LogP contribution in [0.25, 0.3) is 0 Å². The first-order chi connectivity index (χ1) is 16.0. The fraction of sp³-hybridized carbons (Fsp3) is 0.222. The first kappa shape index (κ1) is 23.9. The van der Waals surface area contributed by atoms with E-state index in [0.717, 1.165) is 28.5 Å². The van der Waals surface area contributed by atoms with Crippen LogP contribution in [0.1, 0.15) is 41.1 Å². The van der Waals surface area contributed by atoms with Crippen molar-refractivity contribution in [1.29, 1.82) is 0 Å². The monoisotopic (exact) mass is 444 g/mol. The number of rotatable bonds is 11. The largest absolute Gasteiger partial charge is 0.469 e. The number of amides is 1. The van der Waals surface area contributed by atoms with Crippen LogP contribution < -0.4 is 11.1 Å². The van der Waals surface area contributed by atoms with Crippen LogP contribution in [-0.2, 0) is 24.5 Å². The zero-order valence-electron chi connectivity index (χ0n) is 18.6. The molecule has 0 spiro atoms. The second-order valence-electron chi connectivity index (χ2n) is 7.80. The Labute approximate surface area is 193 Å². The quantitative estimate of drug-likeness (QED) is 0.269. The van der Waals surface area contributed by atoms with E-state index in [0.29, 0.717) is 6.54 Å². The Hall–Kier alpha value is -3.77. The summed E-state index contributed by atoms with van der Waals surface area (Å²) >= 11 is 0. The molecule has 0 saturated heterocycles. The van der Waals surface area contributed by atoms with Crippen molar-refractivity contribution in [2.45, 2.75) is 24.3 Å². The predicted molar refractivity (Wildman–Crippen MR) is 126 cm³/mol. The van der Waals surface area contributed by atoms with Gasteiger partial charge < -0.3 is 20.6 Å². The molecule has 3 N–H and O–H groups in total. The molecule has 1 amide bonds. The topological polar surface area (TPSA) is 98.5 Å². The average Bonchev–Trinajstić information content (AvgIpc) is 2.86. The summed E-state index contributed by atoms with van der Waals surface area (Å²) < 4.78 is 4.64. The van der Waals surface area contributed by atoms with E-state index in [1.807, 2.05) is 84.9 Å². The number of hydrogen-bond acceptors (Lipinski definition) is 5. The number of nitrogens with two attached hydrogens (primary N) is 1. The van der Waals surface area contributed by atoms with Gasteiger partial charge in [0.25, 0.3) is 0 Å². The maximum absolute atomic E-state index is 12.3. The fourth-order valence-electron chi connectivity index (χ4n) is 4.16. The highest BCUT2D eigenvalue weighted by Crippen LogP contribution is 2.42. The van der Waals surface area contributed by atoms with E-state index in [1.54, 1.807) is 0 Å². The van der Waals surface area contributed by atoms with E-state index in [4.69, 9.17) is 5.73 Å². The second-order valence-corrected chi connectivity index (χ2v) is 7.80. The Morgan fingerprint density at radius 2 is 1.42 bits per heavy atom. The SMILES string of the molecule is COC(=O)CCNC(C=O)c1ccc(C(CC(N)=O)(c2ccccc2)c2ccccc2)cc1. The molecule has 3 aromatic rings. The third-order valence-corrected chi connectivity index (χ3v) is 5.79. The number of primary amides is 1. The van der Waals surface area contributed by atoms with Crippen LogP contribution in [-0.4, -0.2) is 31.8 Å². The van der Waals surface area contributed by atoms with E-state index in [9.17, 15) is 14.4 Å². The highest BCUT2D eigenvalue weighted by Gasteiger charge is 2.38. The molecule has 1 unspecified atom stereocenters. The second kappa shape index (κ2) is 11.2. The molecule has 0 radical (unpaired) electrons. The van der Waals surface area contributed by atoms with Crippen molar-refractivity contribution in [3.8, 4) is 0 Å². The number of benzene rings is 3. The molecule has 0 aliphatic rings. The number of nitrogens with one attached hydrogen (secondary N) is 1. The van der Waals surface area contributed by atoms with E-state index < -0.39 is 17.4 Å². The van der Waals surface area contributed by atoms with Gasteiger partial charge in [-0.2, -0.15) is 0 Å². The van der Waals surface area contributed by atoms with Crippen molar-refractivity contribution in [3.63, 3.8) is 0 Å². The van der Waals surface area contributed by atoms with Gasteiger partial charge in [-0.1, -0.05) is 84.9 Å². The van der Waals surface area contributed by atoms with E-state index in [-0.39, 0.29) is 18.8 Å². The summed E-state index contributed by atoms with van der Waals surface area (Å²) in [6.45, 7) is 0.317. The Morgan fingerprint density at radius 1 is 0.909 bits per heavy atom. The molecule has 0 aromatic heterocycles. The molecule has 170 valence electrons. The van der Waals surface area contributed by atoms with Crippen LogP contribution in [0.2, 0.25) is 0 Å². The summed E-state index contributed by atoms with van der Waals surface area (Å²) in [5.41, 5.74) is 8.52. The van der Waals surface area contributed by atoms with Crippen LogP contribution in [0.15, 0.2) is 84.9 Å².